The third kappa shape index (κ3) is 6.65. The summed E-state index contributed by atoms with van der Waals surface area (Å²) in [5.41, 5.74) is 1.59. The molecule has 0 atom stereocenters. The van der Waals surface area contributed by atoms with Crippen molar-refractivity contribution in [3.8, 4) is 0 Å². The van der Waals surface area contributed by atoms with Crippen molar-refractivity contribution < 1.29 is 13.2 Å². The molecule has 3 rings (SSSR count). The zero-order chi connectivity index (χ0) is 22.1. The number of para-hydroxylation sites is 1. The van der Waals surface area contributed by atoms with Gasteiger partial charge in [-0.15, -0.1) is 6.58 Å². The van der Waals surface area contributed by atoms with Crippen LogP contribution in [0.4, 0.5) is 5.69 Å². The van der Waals surface area contributed by atoms with Gasteiger partial charge < -0.3 is 10.2 Å². The van der Waals surface area contributed by atoms with Gasteiger partial charge in [-0.3, -0.25) is 9.69 Å². The molecule has 2 aromatic rings. The lowest BCUT2D eigenvalue weighted by Crippen LogP contribution is -2.47. The van der Waals surface area contributed by atoms with Crippen LogP contribution in [0.2, 0.25) is 0 Å². The molecule has 0 radical (unpaired) electrons. The van der Waals surface area contributed by atoms with Crippen LogP contribution in [0.5, 0.6) is 0 Å². The monoisotopic (exact) mass is 442 g/mol. The fourth-order valence-electron chi connectivity index (χ4n) is 3.53. The molecule has 1 aliphatic rings. The summed E-state index contributed by atoms with van der Waals surface area (Å²) in [6.45, 7) is 9.10. The largest absolute Gasteiger partial charge is 0.369 e. The smallest absolute Gasteiger partial charge is 0.251 e. The van der Waals surface area contributed by atoms with E-state index in [1.54, 1.807) is 12.1 Å². The summed E-state index contributed by atoms with van der Waals surface area (Å²) >= 11 is 0. The first kappa shape index (κ1) is 23.0. The van der Waals surface area contributed by atoms with Crippen LogP contribution in [-0.4, -0.2) is 65.0 Å². The highest BCUT2D eigenvalue weighted by Gasteiger charge is 2.17. The molecule has 0 saturated carbocycles. The molecule has 1 aliphatic heterocycles. The van der Waals surface area contributed by atoms with Gasteiger partial charge >= 0.3 is 0 Å². The Morgan fingerprint density at radius 1 is 1.03 bits per heavy atom. The lowest BCUT2D eigenvalue weighted by Gasteiger charge is -2.36. The highest BCUT2D eigenvalue weighted by atomic mass is 32.2. The van der Waals surface area contributed by atoms with Gasteiger partial charge in [0.2, 0.25) is 10.0 Å². The zero-order valence-corrected chi connectivity index (χ0v) is 18.5. The van der Waals surface area contributed by atoms with E-state index in [2.05, 4.69) is 50.7 Å². The fraction of sp³-hybridized carbons (Fsp3) is 0.348. The van der Waals surface area contributed by atoms with E-state index in [9.17, 15) is 13.2 Å². The summed E-state index contributed by atoms with van der Waals surface area (Å²) in [5, 5.41) is 2.89. The fourth-order valence-corrected chi connectivity index (χ4v) is 4.58. The first-order valence-corrected chi connectivity index (χ1v) is 12.0. The molecule has 1 fully saturated rings. The van der Waals surface area contributed by atoms with Gasteiger partial charge in [0.25, 0.3) is 5.91 Å². The number of carbonyl (C=O) groups excluding carboxylic acids is 1. The summed E-state index contributed by atoms with van der Waals surface area (Å²) in [6, 6.07) is 16.5. The number of anilines is 1. The maximum Gasteiger partial charge on any atom is 0.251 e. The third-order valence-corrected chi connectivity index (χ3v) is 6.68. The number of piperazine rings is 1. The van der Waals surface area contributed by atoms with Crippen LogP contribution in [-0.2, 0) is 10.0 Å². The molecule has 0 aromatic heterocycles. The average Bonchev–Trinajstić information content (AvgIpc) is 2.81. The number of benzene rings is 2. The zero-order valence-electron chi connectivity index (χ0n) is 17.7. The van der Waals surface area contributed by atoms with E-state index < -0.39 is 10.0 Å². The number of amides is 1. The summed E-state index contributed by atoms with van der Waals surface area (Å²) in [4.78, 5) is 17.3. The Labute approximate surface area is 184 Å². The Balaban J connectivity index is 1.41. The maximum atomic E-state index is 12.4. The summed E-state index contributed by atoms with van der Waals surface area (Å²) in [5.74, 6) is -0.269. The number of nitrogens with one attached hydrogen (secondary N) is 2. The predicted molar refractivity (Wildman–Crippen MR) is 124 cm³/mol. The lowest BCUT2D eigenvalue weighted by atomic mass is 10.2. The number of hydrogen-bond acceptors (Lipinski definition) is 5. The van der Waals surface area contributed by atoms with Crippen LogP contribution in [0.25, 0.3) is 0 Å². The van der Waals surface area contributed by atoms with Crippen LogP contribution in [0.15, 0.2) is 72.1 Å². The Hall–Kier alpha value is -2.68. The van der Waals surface area contributed by atoms with E-state index in [1.165, 1.54) is 23.9 Å². The van der Waals surface area contributed by atoms with Gasteiger partial charge in [-0.05, 0) is 43.3 Å². The van der Waals surface area contributed by atoms with E-state index in [1.807, 2.05) is 6.07 Å². The quantitative estimate of drug-likeness (QED) is 0.435. The van der Waals surface area contributed by atoms with Gasteiger partial charge in [0.15, 0.2) is 0 Å². The Morgan fingerprint density at radius 2 is 1.77 bits per heavy atom. The predicted octanol–water partition coefficient (Wildman–Crippen LogP) is 2.09. The molecule has 31 heavy (non-hydrogen) atoms. The summed E-state index contributed by atoms with van der Waals surface area (Å²) < 4.78 is 26.8. The second-order valence-electron chi connectivity index (χ2n) is 7.44. The molecule has 1 saturated heterocycles. The minimum absolute atomic E-state index is 0.0679. The standard InChI is InChI=1S/C23H30N4O3S/c1-2-12-25-31(29,30)22-11-6-8-20(19-22)23(28)24-13-7-14-26-15-17-27(18-16-26)21-9-4-3-5-10-21/h2-6,8-11,19,25H,1,7,12-18H2,(H,24,28). The summed E-state index contributed by atoms with van der Waals surface area (Å²) in [7, 11) is -3.65. The number of carbonyl (C=O) groups is 1. The number of sulfonamides is 1. The van der Waals surface area contributed by atoms with Crippen molar-refractivity contribution in [1.82, 2.24) is 14.9 Å². The highest BCUT2D eigenvalue weighted by Crippen LogP contribution is 2.15. The number of hydrogen-bond donors (Lipinski definition) is 2. The first-order chi connectivity index (χ1) is 15.0. The molecule has 7 nitrogen and oxygen atoms in total. The van der Waals surface area contributed by atoms with E-state index in [0.717, 1.165) is 39.1 Å². The highest BCUT2D eigenvalue weighted by molar-refractivity contribution is 7.89. The lowest BCUT2D eigenvalue weighted by molar-refractivity contribution is 0.0951. The molecule has 2 N–H and O–H groups in total. The first-order valence-electron chi connectivity index (χ1n) is 10.5. The van der Waals surface area contributed by atoms with Gasteiger partial charge in [-0.1, -0.05) is 30.3 Å². The van der Waals surface area contributed by atoms with Crippen molar-refractivity contribution in [1.29, 1.82) is 0 Å². The number of nitrogens with zero attached hydrogens (tertiary/aromatic N) is 2. The number of rotatable bonds is 10. The molecular weight excluding hydrogens is 412 g/mol. The Kier molecular flexibility index (Phi) is 8.22. The summed E-state index contributed by atoms with van der Waals surface area (Å²) in [6.07, 6.45) is 2.31. The normalized spacial score (nSPS) is 14.9. The van der Waals surface area contributed by atoms with E-state index in [0.29, 0.717) is 12.1 Å². The molecule has 2 aromatic carbocycles. The van der Waals surface area contributed by atoms with Gasteiger partial charge in [0, 0.05) is 50.5 Å². The van der Waals surface area contributed by atoms with E-state index >= 15 is 0 Å². The minimum atomic E-state index is -3.65. The van der Waals surface area contributed by atoms with Crippen LogP contribution in [0.3, 0.4) is 0 Å². The Morgan fingerprint density at radius 3 is 2.48 bits per heavy atom. The van der Waals surface area contributed by atoms with Gasteiger partial charge in [0.1, 0.15) is 0 Å². The van der Waals surface area contributed by atoms with Crippen LogP contribution < -0.4 is 14.9 Å². The van der Waals surface area contributed by atoms with Crippen molar-refractivity contribution in [2.24, 2.45) is 0 Å². The second-order valence-corrected chi connectivity index (χ2v) is 9.21. The van der Waals surface area contributed by atoms with Crippen LogP contribution in [0, 0.1) is 0 Å². The van der Waals surface area contributed by atoms with Gasteiger partial charge in [0.05, 0.1) is 4.90 Å². The molecule has 0 spiro atoms. The SMILES string of the molecule is C=CCNS(=O)(=O)c1cccc(C(=O)NCCCN2CCN(c3ccccc3)CC2)c1. The second kappa shape index (κ2) is 11.1. The molecule has 0 aliphatic carbocycles. The van der Waals surface area contributed by atoms with E-state index in [4.69, 9.17) is 0 Å². The molecule has 1 heterocycles. The molecule has 166 valence electrons. The average molecular weight is 443 g/mol. The molecular formula is C23H30N4O3S. The van der Waals surface area contributed by atoms with Crippen molar-refractivity contribution >= 4 is 21.6 Å². The van der Waals surface area contributed by atoms with Crippen molar-refractivity contribution in [2.45, 2.75) is 11.3 Å². The van der Waals surface area contributed by atoms with Crippen molar-refractivity contribution in [3.63, 3.8) is 0 Å². The topological polar surface area (TPSA) is 81.7 Å². The molecule has 1 amide bonds. The van der Waals surface area contributed by atoms with E-state index in [-0.39, 0.29) is 17.3 Å². The van der Waals surface area contributed by atoms with Crippen LogP contribution >= 0.6 is 0 Å². The minimum Gasteiger partial charge on any atom is -0.369 e. The van der Waals surface area contributed by atoms with Crippen molar-refractivity contribution in [2.75, 3.05) is 50.7 Å². The van der Waals surface area contributed by atoms with Gasteiger partial charge in [-0.25, -0.2) is 13.1 Å². The maximum absolute atomic E-state index is 12.4. The van der Waals surface area contributed by atoms with Gasteiger partial charge in [-0.2, -0.15) is 0 Å². The molecule has 8 heteroatoms. The van der Waals surface area contributed by atoms with Crippen LogP contribution in [0.1, 0.15) is 16.8 Å². The molecule has 0 unspecified atom stereocenters. The Bertz CT molecular complexity index is 971. The van der Waals surface area contributed by atoms with Crippen molar-refractivity contribution in [3.05, 3.63) is 72.8 Å². The molecule has 0 bridgehead atoms. The third-order valence-electron chi connectivity index (χ3n) is 5.25.